The minimum absolute atomic E-state index is 0.535. The molecule has 58 valence electrons. The highest BCUT2D eigenvalue weighted by Gasteiger charge is 2.08. The highest BCUT2D eigenvalue weighted by molar-refractivity contribution is 5.77. The Labute approximate surface area is 63.1 Å². The van der Waals surface area contributed by atoms with Gasteiger partial charge in [-0.3, -0.25) is 0 Å². The maximum Gasteiger partial charge on any atom is 0.278 e. The van der Waals surface area contributed by atoms with Crippen molar-refractivity contribution in [2.45, 2.75) is 6.92 Å². The first-order chi connectivity index (χ1) is 5.42. The molecule has 4 nitrogen and oxygen atoms in total. The summed E-state index contributed by atoms with van der Waals surface area (Å²) in [5.74, 6) is 0.535. The van der Waals surface area contributed by atoms with Crippen LogP contribution in [0, 0.1) is 0 Å². The van der Waals surface area contributed by atoms with Crippen LogP contribution < -0.4 is 4.74 Å². The Hall–Kier alpha value is -1.45. The first kappa shape index (κ1) is 6.27. The second-order valence-corrected chi connectivity index (χ2v) is 2.14. The third-order valence-electron chi connectivity index (χ3n) is 1.43. The first-order valence-corrected chi connectivity index (χ1v) is 3.47. The monoisotopic (exact) mass is 152 g/mol. The number of nitrogens with one attached hydrogen (secondary N) is 1. The molecular formula is C7H8N2O2. The van der Waals surface area contributed by atoms with Crippen LogP contribution in [-0.4, -0.2) is 16.7 Å². The summed E-state index contributed by atoms with van der Waals surface area (Å²) >= 11 is 0. The van der Waals surface area contributed by atoms with E-state index in [4.69, 9.17) is 9.26 Å². The van der Waals surface area contributed by atoms with Gasteiger partial charge in [-0.05, 0) is 12.1 Å². The van der Waals surface area contributed by atoms with Crippen LogP contribution in [0.25, 0.3) is 11.1 Å². The maximum atomic E-state index is 5.18. The quantitative estimate of drug-likeness (QED) is 0.710. The van der Waals surface area contributed by atoms with Crippen LogP contribution >= 0.6 is 0 Å². The molecule has 0 bridgehead atoms. The van der Waals surface area contributed by atoms with E-state index in [9.17, 15) is 0 Å². The Morgan fingerprint density at radius 1 is 1.73 bits per heavy atom. The standard InChI is InChI=1S/C7H8N2O2/c1-2-10-7-6-5(11-9-7)3-4-8-6/h3-4,8H,2H2,1H3. The fourth-order valence-corrected chi connectivity index (χ4v) is 0.970. The average molecular weight is 152 g/mol. The van der Waals surface area contributed by atoms with Crippen molar-refractivity contribution in [2.75, 3.05) is 6.61 Å². The topological polar surface area (TPSA) is 51.1 Å². The summed E-state index contributed by atoms with van der Waals surface area (Å²) in [5, 5.41) is 3.72. The molecule has 0 aliphatic heterocycles. The Balaban J connectivity index is 2.51. The summed E-state index contributed by atoms with van der Waals surface area (Å²) < 4.78 is 10.1. The van der Waals surface area contributed by atoms with Crippen LogP contribution in [0.1, 0.15) is 6.92 Å². The molecule has 0 aliphatic rings. The molecule has 0 atom stereocenters. The van der Waals surface area contributed by atoms with Gasteiger partial charge in [0.25, 0.3) is 5.88 Å². The molecule has 0 aromatic carbocycles. The van der Waals surface area contributed by atoms with E-state index in [1.165, 1.54) is 0 Å². The average Bonchev–Trinajstić information content (AvgIpc) is 2.53. The van der Waals surface area contributed by atoms with E-state index >= 15 is 0 Å². The number of aromatic amines is 1. The van der Waals surface area contributed by atoms with Crippen LogP contribution in [0.4, 0.5) is 0 Å². The van der Waals surface area contributed by atoms with Crippen LogP contribution in [0.2, 0.25) is 0 Å². The molecule has 2 aromatic rings. The first-order valence-electron chi connectivity index (χ1n) is 3.47. The number of nitrogens with zero attached hydrogens (tertiary/aromatic N) is 1. The largest absolute Gasteiger partial charge is 0.474 e. The van der Waals surface area contributed by atoms with E-state index < -0.39 is 0 Å². The maximum absolute atomic E-state index is 5.18. The summed E-state index contributed by atoms with van der Waals surface area (Å²) in [6.07, 6.45) is 1.79. The van der Waals surface area contributed by atoms with Crippen LogP contribution in [0.15, 0.2) is 16.8 Å². The number of rotatable bonds is 2. The normalized spacial score (nSPS) is 10.6. The van der Waals surface area contributed by atoms with E-state index in [0.29, 0.717) is 12.5 Å². The zero-order chi connectivity index (χ0) is 7.68. The zero-order valence-corrected chi connectivity index (χ0v) is 6.13. The molecule has 11 heavy (non-hydrogen) atoms. The van der Waals surface area contributed by atoms with Gasteiger partial charge in [-0.2, -0.15) is 0 Å². The molecule has 0 unspecified atom stereocenters. The van der Waals surface area contributed by atoms with Gasteiger partial charge in [0.05, 0.1) is 6.61 Å². The van der Waals surface area contributed by atoms with Gasteiger partial charge in [0.15, 0.2) is 11.1 Å². The van der Waals surface area contributed by atoms with E-state index in [0.717, 1.165) is 11.1 Å². The number of aromatic nitrogens is 2. The molecule has 0 saturated carbocycles. The molecule has 2 aromatic heterocycles. The van der Waals surface area contributed by atoms with E-state index in [1.807, 2.05) is 13.0 Å². The number of hydrogen-bond donors (Lipinski definition) is 1. The molecule has 0 fully saturated rings. The number of hydrogen-bond acceptors (Lipinski definition) is 3. The summed E-state index contributed by atoms with van der Waals surface area (Å²) in [6.45, 7) is 2.50. The smallest absolute Gasteiger partial charge is 0.278 e. The van der Waals surface area contributed by atoms with Gasteiger partial charge in [-0.25, -0.2) is 0 Å². The molecule has 0 spiro atoms. The number of ether oxygens (including phenoxy) is 1. The van der Waals surface area contributed by atoms with E-state index in [1.54, 1.807) is 6.20 Å². The zero-order valence-electron chi connectivity index (χ0n) is 6.13. The van der Waals surface area contributed by atoms with Crippen LogP contribution in [0.3, 0.4) is 0 Å². The van der Waals surface area contributed by atoms with Gasteiger partial charge in [0.1, 0.15) is 0 Å². The highest BCUT2D eigenvalue weighted by Crippen LogP contribution is 2.22. The fourth-order valence-electron chi connectivity index (χ4n) is 0.970. The summed E-state index contributed by atoms with van der Waals surface area (Å²) in [6, 6.07) is 1.81. The summed E-state index contributed by atoms with van der Waals surface area (Å²) in [7, 11) is 0. The van der Waals surface area contributed by atoms with Gasteiger partial charge in [0.2, 0.25) is 0 Å². The van der Waals surface area contributed by atoms with Crippen molar-refractivity contribution in [1.82, 2.24) is 10.1 Å². The molecule has 2 rings (SSSR count). The Morgan fingerprint density at radius 3 is 3.45 bits per heavy atom. The Bertz CT molecular complexity index is 350. The van der Waals surface area contributed by atoms with Gasteiger partial charge >= 0.3 is 0 Å². The second kappa shape index (κ2) is 2.30. The lowest BCUT2D eigenvalue weighted by atomic mass is 10.5. The molecule has 0 saturated heterocycles. The van der Waals surface area contributed by atoms with Crippen molar-refractivity contribution in [2.24, 2.45) is 0 Å². The lowest BCUT2D eigenvalue weighted by Crippen LogP contribution is -1.91. The lowest BCUT2D eigenvalue weighted by molar-refractivity contribution is 0.300. The minimum Gasteiger partial charge on any atom is -0.474 e. The molecule has 1 N–H and O–H groups in total. The summed E-state index contributed by atoms with van der Waals surface area (Å²) in [4.78, 5) is 2.97. The van der Waals surface area contributed by atoms with Gasteiger partial charge in [-0.1, -0.05) is 0 Å². The molecular weight excluding hydrogens is 144 g/mol. The second-order valence-electron chi connectivity index (χ2n) is 2.14. The molecule has 0 aliphatic carbocycles. The molecule has 0 radical (unpaired) electrons. The van der Waals surface area contributed by atoms with Crippen molar-refractivity contribution in [3.63, 3.8) is 0 Å². The van der Waals surface area contributed by atoms with Crippen LogP contribution in [-0.2, 0) is 0 Å². The molecule has 0 amide bonds. The number of H-pyrrole nitrogens is 1. The van der Waals surface area contributed by atoms with Gasteiger partial charge in [0, 0.05) is 12.3 Å². The van der Waals surface area contributed by atoms with Crippen LogP contribution in [0.5, 0.6) is 5.88 Å². The van der Waals surface area contributed by atoms with Gasteiger partial charge in [-0.15, -0.1) is 0 Å². The fraction of sp³-hybridized carbons (Fsp3) is 0.286. The number of fused-ring (bicyclic) bond motifs is 1. The van der Waals surface area contributed by atoms with Crippen molar-refractivity contribution in [3.05, 3.63) is 12.3 Å². The van der Waals surface area contributed by atoms with Crippen molar-refractivity contribution in [3.8, 4) is 5.88 Å². The van der Waals surface area contributed by atoms with E-state index in [2.05, 4.69) is 10.1 Å². The predicted octanol–water partition coefficient (Wildman–Crippen LogP) is 1.55. The van der Waals surface area contributed by atoms with Crippen molar-refractivity contribution < 1.29 is 9.26 Å². The van der Waals surface area contributed by atoms with E-state index in [-0.39, 0.29) is 0 Å². The Kier molecular flexibility index (Phi) is 1.31. The lowest BCUT2D eigenvalue weighted by Gasteiger charge is -1.93. The molecule has 2 heterocycles. The predicted molar refractivity (Wildman–Crippen MR) is 39.5 cm³/mol. The van der Waals surface area contributed by atoms with Gasteiger partial charge < -0.3 is 14.2 Å². The highest BCUT2D eigenvalue weighted by atomic mass is 16.5. The third kappa shape index (κ3) is 0.869. The SMILES string of the molecule is CCOc1noc2cc[nH]c12. The Morgan fingerprint density at radius 2 is 2.64 bits per heavy atom. The third-order valence-corrected chi connectivity index (χ3v) is 1.43. The summed E-state index contributed by atoms with van der Waals surface area (Å²) in [5.41, 5.74) is 1.56. The van der Waals surface area contributed by atoms with Crippen molar-refractivity contribution in [1.29, 1.82) is 0 Å². The molecule has 4 heteroatoms. The van der Waals surface area contributed by atoms with Crippen molar-refractivity contribution >= 4 is 11.1 Å². The minimum atomic E-state index is 0.535.